The summed E-state index contributed by atoms with van der Waals surface area (Å²) in [5, 5.41) is 13.6. The monoisotopic (exact) mass is 378 g/mol. The second kappa shape index (κ2) is 8.49. The van der Waals surface area contributed by atoms with Gasteiger partial charge in [-0.1, -0.05) is 41.9 Å². The average Bonchev–Trinajstić information content (AvgIpc) is 3.13. The van der Waals surface area contributed by atoms with E-state index in [1.54, 1.807) is 6.07 Å². The topological polar surface area (TPSA) is 74.3 Å². The lowest BCUT2D eigenvalue weighted by Gasteiger charge is -2.11. The Morgan fingerprint density at radius 2 is 2.12 bits per heavy atom. The highest BCUT2D eigenvalue weighted by molar-refractivity contribution is 7.22. The molecule has 3 N–H and O–H groups in total. The fourth-order valence-corrected chi connectivity index (χ4v) is 3.56. The third-order valence-corrected chi connectivity index (χ3v) is 4.90. The van der Waals surface area contributed by atoms with Crippen molar-refractivity contribution in [2.75, 3.05) is 13.2 Å². The standard InChI is InChI=1S/C18H19ClN2O3S/c19-16-9-13-8-15(21-18(13)25-16)17(23)20-7-6-14(22)11-24-10-12-4-2-1-3-5-12/h1-5,8-9,14,21-22H,6-7,10-11H2,(H,20,23)/t14-/m0/s1. The van der Waals surface area contributed by atoms with E-state index in [-0.39, 0.29) is 12.5 Å². The Morgan fingerprint density at radius 1 is 1.32 bits per heavy atom. The van der Waals surface area contributed by atoms with Gasteiger partial charge in [-0.05, 0) is 24.1 Å². The molecule has 25 heavy (non-hydrogen) atoms. The van der Waals surface area contributed by atoms with E-state index < -0.39 is 6.10 Å². The van der Waals surface area contributed by atoms with Crippen molar-refractivity contribution in [3.63, 3.8) is 0 Å². The van der Waals surface area contributed by atoms with Crippen LogP contribution in [0.15, 0.2) is 42.5 Å². The number of fused-ring (bicyclic) bond motifs is 1. The van der Waals surface area contributed by atoms with Gasteiger partial charge in [0.05, 0.1) is 23.7 Å². The van der Waals surface area contributed by atoms with Gasteiger partial charge in [0.15, 0.2) is 0 Å². The summed E-state index contributed by atoms with van der Waals surface area (Å²) in [7, 11) is 0. The summed E-state index contributed by atoms with van der Waals surface area (Å²) in [4.78, 5) is 16.0. The van der Waals surface area contributed by atoms with Gasteiger partial charge < -0.3 is 20.1 Å². The summed E-state index contributed by atoms with van der Waals surface area (Å²) in [5.41, 5.74) is 1.56. The van der Waals surface area contributed by atoms with Crippen molar-refractivity contribution in [1.82, 2.24) is 10.3 Å². The van der Waals surface area contributed by atoms with Gasteiger partial charge in [-0.15, -0.1) is 11.3 Å². The summed E-state index contributed by atoms with van der Waals surface area (Å²) in [6, 6.07) is 13.4. The number of aromatic amines is 1. The highest BCUT2D eigenvalue weighted by Crippen LogP contribution is 2.29. The quantitative estimate of drug-likeness (QED) is 0.561. The molecule has 0 aliphatic heterocycles. The van der Waals surface area contributed by atoms with E-state index in [9.17, 15) is 9.90 Å². The van der Waals surface area contributed by atoms with Crippen LogP contribution in [0.1, 0.15) is 22.5 Å². The van der Waals surface area contributed by atoms with Crippen molar-refractivity contribution < 1.29 is 14.6 Å². The number of halogens is 1. The Morgan fingerprint density at radius 3 is 2.88 bits per heavy atom. The number of carbonyl (C=O) groups is 1. The van der Waals surface area contributed by atoms with E-state index in [0.29, 0.717) is 29.6 Å². The van der Waals surface area contributed by atoms with Crippen LogP contribution in [0.3, 0.4) is 0 Å². The molecule has 132 valence electrons. The molecule has 1 amide bonds. The van der Waals surface area contributed by atoms with E-state index in [1.165, 1.54) is 11.3 Å². The number of ether oxygens (including phenoxy) is 1. The number of aliphatic hydroxyl groups excluding tert-OH is 1. The maximum atomic E-state index is 12.1. The number of hydrogen-bond donors (Lipinski definition) is 3. The van der Waals surface area contributed by atoms with Crippen molar-refractivity contribution >= 4 is 39.1 Å². The van der Waals surface area contributed by atoms with Crippen LogP contribution >= 0.6 is 22.9 Å². The number of aromatic nitrogens is 1. The van der Waals surface area contributed by atoms with Crippen molar-refractivity contribution in [3.8, 4) is 0 Å². The molecule has 0 spiro atoms. The first-order chi connectivity index (χ1) is 12.1. The van der Waals surface area contributed by atoms with Crippen molar-refractivity contribution in [2.24, 2.45) is 0 Å². The zero-order valence-electron chi connectivity index (χ0n) is 13.5. The molecule has 0 radical (unpaired) electrons. The zero-order valence-corrected chi connectivity index (χ0v) is 15.1. The molecule has 0 aliphatic rings. The predicted octanol–water partition coefficient (Wildman–Crippen LogP) is 3.58. The van der Waals surface area contributed by atoms with E-state index in [4.69, 9.17) is 16.3 Å². The summed E-state index contributed by atoms with van der Waals surface area (Å²) >= 11 is 7.31. The third kappa shape index (κ3) is 5.06. The Labute approximate surface area is 154 Å². The number of hydrogen-bond acceptors (Lipinski definition) is 4. The number of benzene rings is 1. The van der Waals surface area contributed by atoms with Crippen LogP contribution in [-0.2, 0) is 11.3 Å². The third-order valence-electron chi connectivity index (χ3n) is 3.71. The molecular weight excluding hydrogens is 360 g/mol. The SMILES string of the molecule is O=C(NCC[C@H](O)COCc1ccccc1)c1cc2cc(Cl)sc2[nH]1. The minimum atomic E-state index is -0.616. The highest BCUT2D eigenvalue weighted by Gasteiger charge is 2.12. The van der Waals surface area contributed by atoms with Crippen molar-refractivity contribution in [1.29, 1.82) is 0 Å². The smallest absolute Gasteiger partial charge is 0.267 e. The maximum absolute atomic E-state index is 12.1. The van der Waals surface area contributed by atoms with Gasteiger partial charge in [0.25, 0.3) is 5.91 Å². The van der Waals surface area contributed by atoms with Crippen LogP contribution in [0.25, 0.3) is 10.2 Å². The molecule has 1 atom stereocenters. The minimum absolute atomic E-state index is 0.197. The van der Waals surface area contributed by atoms with Gasteiger partial charge in [-0.2, -0.15) is 0 Å². The molecule has 5 nitrogen and oxygen atoms in total. The molecule has 0 bridgehead atoms. The van der Waals surface area contributed by atoms with Crippen molar-refractivity contribution in [2.45, 2.75) is 19.1 Å². The van der Waals surface area contributed by atoms with Gasteiger partial charge in [0, 0.05) is 11.9 Å². The van der Waals surface area contributed by atoms with Gasteiger partial charge in [0.2, 0.25) is 0 Å². The number of H-pyrrole nitrogens is 1. The molecule has 2 heterocycles. The van der Waals surface area contributed by atoms with E-state index in [1.807, 2.05) is 36.4 Å². The number of amides is 1. The summed E-state index contributed by atoms with van der Waals surface area (Å²) in [6.45, 7) is 1.08. The fourth-order valence-electron chi connectivity index (χ4n) is 2.43. The first-order valence-electron chi connectivity index (χ1n) is 7.98. The average molecular weight is 379 g/mol. The Hall–Kier alpha value is -1.86. The fraction of sp³-hybridized carbons (Fsp3) is 0.278. The van der Waals surface area contributed by atoms with Crippen molar-refractivity contribution in [3.05, 3.63) is 58.1 Å². The number of carbonyl (C=O) groups excluding carboxylic acids is 1. The van der Waals surface area contributed by atoms with Crippen LogP contribution in [-0.4, -0.2) is 35.3 Å². The molecule has 0 saturated carbocycles. The molecule has 0 fully saturated rings. The first kappa shape index (κ1) is 17.9. The Kier molecular flexibility index (Phi) is 6.09. The predicted molar refractivity (Wildman–Crippen MR) is 100 cm³/mol. The normalized spacial score (nSPS) is 12.4. The minimum Gasteiger partial charge on any atom is -0.391 e. The van der Waals surface area contributed by atoms with Gasteiger partial charge in [-0.25, -0.2) is 0 Å². The molecular formula is C18H19ClN2O3S. The Bertz CT molecular complexity index is 800. The molecule has 1 aromatic carbocycles. The lowest BCUT2D eigenvalue weighted by molar-refractivity contribution is 0.0247. The van der Waals surface area contributed by atoms with Gasteiger partial charge in [-0.3, -0.25) is 4.79 Å². The van der Waals surface area contributed by atoms with Crippen LogP contribution in [0, 0.1) is 0 Å². The summed E-state index contributed by atoms with van der Waals surface area (Å²) in [5.74, 6) is -0.197. The highest BCUT2D eigenvalue weighted by atomic mass is 35.5. The number of aliphatic hydroxyl groups is 1. The van der Waals surface area contributed by atoms with Crippen LogP contribution in [0.5, 0.6) is 0 Å². The molecule has 7 heteroatoms. The number of rotatable bonds is 8. The summed E-state index contributed by atoms with van der Waals surface area (Å²) in [6.07, 6.45) is -0.184. The first-order valence-corrected chi connectivity index (χ1v) is 9.17. The van der Waals surface area contributed by atoms with E-state index >= 15 is 0 Å². The van der Waals surface area contributed by atoms with Gasteiger partial charge >= 0.3 is 0 Å². The molecule has 0 saturated heterocycles. The van der Waals surface area contributed by atoms with Crippen LogP contribution in [0.4, 0.5) is 0 Å². The maximum Gasteiger partial charge on any atom is 0.267 e. The van der Waals surface area contributed by atoms with Crippen LogP contribution in [0.2, 0.25) is 4.34 Å². The molecule has 0 unspecified atom stereocenters. The second-order valence-corrected chi connectivity index (χ2v) is 7.40. The molecule has 0 aliphatic carbocycles. The van der Waals surface area contributed by atoms with E-state index in [0.717, 1.165) is 15.8 Å². The largest absolute Gasteiger partial charge is 0.391 e. The lowest BCUT2D eigenvalue weighted by atomic mass is 10.2. The Balaban J connectivity index is 1.36. The molecule has 3 aromatic rings. The second-order valence-electron chi connectivity index (χ2n) is 5.72. The lowest BCUT2D eigenvalue weighted by Crippen LogP contribution is -2.28. The number of thiophene rings is 1. The van der Waals surface area contributed by atoms with Gasteiger partial charge in [0.1, 0.15) is 10.5 Å². The number of nitrogens with one attached hydrogen (secondary N) is 2. The summed E-state index contributed by atoms with van der Waals surface area (Å²) < 4.78 is 6.17. The van der Waals surface area contributed by atoms with E-state index in [2.05, 4.69) is 10.3 Å². The zero-order chi connectivity index (χ0) is 17.6. The van der Waals surface area contributed by atoms with Crippen LogP contribution < -0.4 is 5.32 Å². The molecule has 3 rings (SSSR count). The molecule has 2 aromatic heterocycles.